The van der Waals surface area contributed by atoms with E-state index < -0.39 is 11.6 Å². The number of nitrogens with zero attached hydrogens (tertiary/aromatic N) is 1. The molecule has 7 heteroatoms. The normalized spacial score (nSPS) is 12.4. The van der Waals surface area contributed by atoms with Crippen LogP contribution >= 0.6 is 0 Å². The molecule has 3 rings (SSSR count). The monoisotopic (exact) mass is 518 g/mol. The second kappa shape index (κ2) is 13.1. The zero-order chi connectivity index (χ0) is 27.7. The molecule has 202 valence electrons. The number of hydrogen-bond acceptors (Lipinski definition) is 6. The van der Waals surface area contributed by atoms with Crippen LogP contribution in [-0.4, -0.2) is 37.7 Å². The molecule has 1 aromatic heterocycles. The standard InChI is InChI=1S/C31H38N2O5/c1-7-23-13-15-24(16-14-23)28-27(30(33-20-32)37-29(28)25-11-9-8-10-12-25)22(3)36-18-21(2)17-35-19-26(34)38-31(4,5)6/h8-16,20-21H,3,7,17-19H2,1-2,4-6H3,(H2,32,33)/t21-/m0/s1. The number of ether oxygens (including phenoxy) is 3. The third kappa shape index (κ3) is 7.83. The third-order valence-corrected chi connectivity index (χ3v) is 5.63. The highest BCUT2D eigenvalue weighted by atomic mass is 16.6. The maximum absolute atomic E-state index is 11.9. The average Bonchev–Trinajstić information content (AvgIpc) is 3.26. The lowest BCUT2D eigenvalue weighted by Crippen LogP contribution is -2.27. The van der Waals surface area contributed by atoms with Crippen LogP contribution in [-0.2, 0) is 25.4 Å². The summed E-state index contributed by atoms with van der Waals surface area (Å²) in [4.78, 5) is 16.2. The molecule has 0 aliphatic rings. The fourth-order valence-corrected chi connectivity index (χ4v) is 3.89. The van der Waals surface area contributed by atoms with Gasteiger partial charge < -0.3 is 24.4 Å². The summed E-state index contributed by atoms with van der Waals surface area (Å²) in [6.07, 6.45) is 2.14. The lowest BCUT2D eigenvalue weighted by Gasteiger charge is -2.20. The summed E-state index contributed by atoms with van der Waals surface area (Å²) in [7, 11) is 0. The minimum atomic E-state index is -0.547. The van der Waals surface area contributed by atoms with E-state index in [9.17, 15) is 4.79 Å². The Morgan fingerprint density at radius 1 is 1.08 bits per heavy atom. The Bertz CT molecular complexity index is 1240. The summed E-state index contributed by atoms with van der Waals surface area (Å²) >= 11 is 0. The predicted octanol–water partition coefficient (Wildman–Crippen LogP) is 6.78. The van der Waals surface area contributed by atoms with Crippen LogP contribution in [0.25, 0.3) is 28.2 Å². The number of carbonyl (C=O) groups is 1. The van der Waals surface area contributed by atoms with Crippen LogP contribution in [0, 0.1) is 5.92 Å². The van der Waals surface area contributed by atoms with Gasteiger partial charge in [0.05, 0.1) is 25.1 Å². The zero-order valence-corrected chi connectivity index (χ0v) is 23.0. The molecular weight excluding hydrogens is 480 g/mol. The SMILES string of the molecule is C=C(OC[C@@H](C)COCC(=O)OC(C)(C)C)c1c(/N=C\N)oc(-c2ccccc2)c1-c1ccc(CC)cc1. The van der Waals surface area contributed by atoms with Gasteiger partial charge in [-0.25, -0.2) is 9.79 Å². The maximum atomic E-state index is 11.9. The predicted molar refractivity (Wildman–Crippen MR) is 152 cm³/mol. The molecule has 1 atom stereocenters. The van der Waals surface area contributed by atoms with Crippen LogP contribution in [0.2, 0.25) is 0 Å². The molecule has 0 radical (unpaired) electrons. The number of rotatable bonds is 12. The van der Waals surface area contributed by atoms with Crippen molar-refractivity contribution < 1.29 is 23.4 Å². The van der Waals surface area contributed by atoms with Crippen molar-refractivity contribution in [3.8, 4) is 22.5 Å². The molecule has 2 aromatic carbocycles. The Kier molecular flexibility index (Phi) is 9.91. The quantitative estimate of drug-likeness (QED) is 0.123. The van der Waals surface area contributed by atoms with E-state index in [1.807, 2.05) is 58.0 Å². The zero-order valence-electron chi connectivity index (χ0n) is 23.0. The summed E-state index contributed by atoms with van der Waals surface area (Å²) < 4.78 is 23.2. The van der Waals surface area contributed by atoms with Gasteiger partial charge in [-0.05, 0) is 38.3 Å². The van der Waals surface area contributed by atoms with Crippen LogP contribution < -0.4 is 5.73 Å². The van der Waals surface area contributed by atoms with Crippen LogP contribution in [0.15, 0.2) is 70.6 Å². The fourth-order valence-electron chi connectivity index (χ4n) is 3.89. The first-order valence-electron chi connectivity index (χ1n) is 12.8. The second-order valence-corrected chi connectivity index (χ2v) is 10.1. The third-order valence-electron chi connectivity index (χ3n) is 5.63. The van der Waals surface area contributed by atoms with Gasteiger partial charge in [-0.1, -0.05) is 75.0 Å². The Morgan fingerprint density at radius 2 is 1.76 bits per heavy atom. The van der Waals surface area contributed by atoms with E-state index in [0.717, 1.165) is 23.1 Å². The van der Waals surface area contributed by atoms with Gasteiger partial charge in [0, 0.05) is 17.0 Å². The average molecular weight is 519 g/mol. The molecule has 3 aromatic rings. The van der Waals surface area contributed by atoms with Gasteiger partial charge in [-0.15, -0.1) is 0 Å². The first-order chi connectivity index (χ1) is 18.1. The first-order valence-corrected chi connectivity index (χ1v) is 12.8. The Morgan fingerprint density at radius 3 is 2.37 bits per heavy atom. The molecule has 0 aliphatic carbocycles. The maximum Gasteiger partial charge on any atom is 0.332 e. The number of hydrogen-bond donors (Lipinski definition) is 1. The van der Waals surface area contributed by atoms with Crippen molar-refractivity contribution in [1.29, 1.82) is 0 Å². The van der Waals surface area contributed by atoms with E-state index >= 15 is 0 Å². The summed E-state index contributed by atoms with van der Waals surface area (Å²) in [6.45, 7) is 14.3. The topological polar surface area (TPSA) is 96.3 Å². The summed E-state index contributed by atoms with van der Waals surface area (Å²) in [5.74, 6) is 0.974. The van der Waals surface area contributed by atoms with E-state index in [2.05, 4.69) is 42.8 Å². The molecule has 0 saturated heterocycles. The molecule has 0 spiro atoms. The summed E-state index contributed by atoms with van der Waals surface area (Å²) in [6, 6.07) is 18.2. The second-order valence-electron chi connectivity index (χ2n) is 10.1. The van der Waals surface area contributed by atoms with Crippen molar-refractivity contribution in [3.63, 3.8) is 0 Å². The van der Waals surface area contributed by atoms with Gasteiger partial charge in [0.15, 0.2) is 0 Å². The van der Waals surface area contributed by atoms with Gasteiger partial charge in [0.25, 0.3) is 0 Å². The molecule has 0 amide bonds. The van der Waals surface area contributed by atoms with Crippen molar-refractivity contribution in [2.75, 3.05) is 19.8 Å². The molecule has 2 N–H and O–H groups in total. The van der Waals surface area contributed by atoms with Crippen LogP contribution in [0.1, 0.15) is 45.7 Å². The highest BCUT2D eigenvalue weighted by molar-refractivity contribution is 5.93. The minimum absolute atomic E-state index is 0.0107. The van der Waals surface area contributed by atoms with E-state index in [1.165, 1.54) is 11.9 Å². The highest BCUT2D eigenvalue weighted by Gasteiger charge is 2.26. The van der Waals surface area contributed by atoms with Gasteiger partial charge in [-0.3, -0.25) is 0 Å². The number of nitrogens with two attached hydrogens (primary N) is 1. The van der Waals surface area contributed by atoms with Crippen LogP contribution in [0.4, 0.5) is 5.88 Å². The van der Waals surface area contributed by atoms with Gasteiger partial charge in [0.2, 0.25) is 5.88 Å². The number of aryl methyl sites for hydroxylation is 1. The number of benzene rings is 2. The fraction of sp³-hybridized carbons (Fsp3) is 0.355. The van der Waals surface area contributed by atoms with Crippen molar-refractivity contribution in [1.82, 2.24) is 0 Å². The molecule has 0 bridgehead atoms. The van der Waals surface area contributed by atoms with Gasteiger partial charge >= 0.3 is 5.97 Å². The molecule has 1 heterocycles. The van der Waals surface area contributed by atoms with Crippen LogP contribution in [0.5, 0.6) is 0 Å². The van der Waals surface area contributed by atoms with E-state index in [0.29, 0.717) is 36.2 Å². The number of aliphatic imine (C=N–C) groups is 1. The Hall–Kier alpha value is -3.84. The largest absolute Gasteiger partial charge is 0.493 e. The van der Waals surface area contributed by atoms with Gasteiger partial charge in [0.1, 0.15) is 23.7 Å². The van der Waals surface area contributed by atoms with E-state index in [4.69, 9.17) is 24.4 Å². The minimum Gasteiger partial charge on any atom is -0.493 e. The molecule has 7 nitrogen and oxygen atoms in total. The van der Waals surface area contributed by atoms with E-state index in [1.54, 1.807) is 0 Å². The smallest absolute Gasteiger partial charge is 0.332 e. The summed E-state index contributed by atoms with van der Waals surface area (Å²) in [5, 5.41) is 0. The van der Waals surface area contributed by atoms with E-state index in [-0.39, 0.29) is 12.5 Å². The van der Waals surface area contributed by atoms with Crippen molar-refractivity contribution >= 4 is 24.0 Å². The van der Waals surface area contributed by atoms with Crippen molar-refractivity contribution in [3.05, 3.63) is 72.3 Å². The Balaban J connectivity index is 1.83. The van der Waals surface area contributed by atoms with Crippen molar-refractivity contribution in [2.45, 2.75) is 46.6 Å². The number of esters is 1. The lowest BCUT2D eigenvalue weighted by atomic mass is 9.96. The Labute approximate surface area is 225 Å². The van der Waals surface area contributed by atoms with Gasteiger partial charge in [-0.2, -0.15) is 0 Å². The lowest BCUT2D eigenvalue weighted by molar-refractivity contribution is -0.160. The molecular formula is C31H38N2O5. The van der Waals surface area contributed by atoms with Crippen LogP contribution in [0.3, 0.4) is 0 Å². The molecule has 0 saturated carbocycles. The molecule has 0 unspecified atom stereocenters. The molecule has 38 heavy (non-hydrogen) atoms. The first kappa shape index (κ1) is 28.7. The highest BCUT2D eigenvalue weighted by Crippen LogP contribution is 2.46. The molecule has 0 fully saturated rings. The number of carbonyl (C=O) groups excluding carboxylic acids is 1. The number of furan rings is 1. The van der Waals surface area contributed by atoms with Crippen molar-refractivity contribution in [2.24, 2.45) is 16.6 Å². The summed E-state index contributed by atoms with van der Waals surface area (Å²) in [5.41, 5.74) is 9.68. The molecule has 0 aliphatic heterocycles.